The maximum Gasteiger partial charge on any atom is 0.314 e. The number of nitrogens with one attached hydrogen (secondary N) is 1. The number of carbonyl (C=O) groups is 2. The Bertz CT molecular complexity index is 383. The number of hydrogen-bond donors (Lipinski definition) is 2. The molecule has 126 valence electrons. The van der Waals surface area contributed by atoms with Crippen molar-refractivity contribution < 1.29 is 14.3 Å². The summed E-state index contributed by atoms with van der Waals surface area (Å²) in [6, 6.07) is -0.178. The molecular weight excluding hydrogens is 282 g/mol. The summed E-state index contributed by atoms with van der Waals surface area (Å²) < 4.78 is 5.02. The lowest BCUT2D eigenvalue weighted by Crippen LogP contribution is -2.53. The summed E-state index contributed by atoms with van der Waals surface area (Å²) in [5.74, 6) is 0.696. The van der Waals surface area contributed by atoms with Crippen LogP contribution in [0.25, 0.3) is 0 Å². The van der Waals surface area contributed by atoms with Crippen molar-refractivity contribution >= 4 is 12.0 Å². The first-order chi connectivity index (χ1) is 10.6. The minimum Gasteiger partial charge on any atom is -0.466 e. The van der Waals surface area contributed by atoms with Crippen molar-refractivity contribution in [2.24, 2.45) is 17.6 Å². The molecule has 3 N–H and O–H groups in total. The monoisotopic (exact) mass is 311 g/mol. The lowest BCUT2D eigenvalue weighted by Gasteiger charge is -2.37. The highest BCUT2D eigenvalue weighted by Crippen LogP contribution is 2.25. The number of ether oxygens (including phenoxy) is 1. The molecule has 22 heavy (non-hydrogen) atoms. The summed E-state index contributed by atoms with van der Waals surface area (Å²) in [6.45, 7) is 4.40. The summed E-state index contributed by atoms with van der Waals surface area (Å²) >= 11 is 0. The predicted molar refractivity (Wildman–Crippen MR) is 84.3 cm³/mol. The Labute approximate surface area is 132 Å². The number of likely N-dealkylation sites (tertiary alicyclic amines) is 1. The summed E-state index contributed by atoms with van der Waals surface area (Å²) in [5, 5.41) is 3.58. The highest BCUT2D eigenvalue weighted by molar-refractivity contribution is 5.73. The fourth-order valence-electron chi connectivity index (χ4n) is 3.68. The van der Waals surface area contributed by atoms with Gasteiger partial charge in [0, 0.05) is 19.1 Å². The van der Waals surface area contributed by atoms with Gasteiger partial charge in [0.05, 0.1) is 13.0 Å². The normalized spacial score (nSPS) is 26.1. The van der Waals surface area contributed by atoms with Crippen molar-refractivity contribution in [3.8, 4) is 0 Å². The number of hydrogen-bond acceptors (Lipinski definition) is 4. The second kappa shape index (κ2) is 8.36. The first-order valence-corrected chi connectivity index (χ1v) is 8.51. The fourth-order valence-corrected chi connectivity index (χ4v) is 3.68. The molecule has 2 atom stereocenters. The van der Waals surface area contributed by atoms with E-state index in [9.17, 15) is 9.59 Å². The smallest absolute Gasteiger partial charge is 0.314 e. The van der Waals surface area contributed by atoms with E-state index in [1.165, 1.54) is 25.7 Å². The standard InChI is InChI=1S/C16H29N3O3/c1-2-22-15(20)8-13-7-14(11-19(10-13)16(17)21)18-9-12-5-3-4-6-12/h12-14,18H,2-11H2,1H3,(H2,17,21). The van der Waals surface area contributed by atoms with Crippen LogP contribution in [0.1, 0.15) is 45.4 Å². The van der Waals surface area contributed by atoms with Gasteiger partial charge in [-0.25, -0.2) is 4.79 Å². The average molecular weight is 311 g/mol. The zero-order chi connectivity index (χ0) is 15.9. The molecule has 1 aliphatic heterocycles. The van der Waals surface area contributed by atoms with E-state index in [4.69, 9.17) is 10.5 Å². The molecule has 2 amide bonds. The van der Waals surface area contributed by atoms with Crippen molar-refractivity contribution in [1.29, 1.82) is 0 Å². The molecule has 2 unspecified atom stereocenters. The third-order valence-electron chi connectivity index (χ3n) is 4.78. The number of rotatable bonds is 6. The number of amides is 2. The van der Waals surface area contributed by atoms with Gasteiger partial charge in [0.25, 0.3) is 0 Å². The third-order valence-corrected chi connectivity index (χ3v) is 4.78. The van der Waals surface area contributed by atoms with Gasteiger partial charge in [-0.2, -0.15) is 0 Å². The Morgan fingerprint density at radius 3 is 2.59 bits per heavy atom. The molecule has 1 saturated heterocycles. The molecule has 0 aromatic carbocycles. The van der Waals surface area contributed by atoms with Crippen LogP contribution in [0.15, 0.2) is 0 Å². The topological polar surface area (TPSA) is 84.7 Å². The van der Waals surface area contributed by atoms with Crippen LogP contribution >= 0.6 is 0 Å². The van der Waals surface area contributed by atoms with E-state index >= 15 is 0 Å². The Kier molecular flexibility index (Phi) is 6.49. The molecule has 2 rings (SSSR count). The molecule has 6 heteroatoms. The van der Waals surface area contributed by atoms with Gasteiger partial charge >= 0.3 is 12.0 Å². The van der Waals surface area contributed by atoms with Crippen LogP contribution in [0.4, 0.5) is 4.79 Å². The maximum atomic E-state index is 11.7. The van der Waals surface area contributed by atoms with Gasteiger partial charge in [-0.15, -0.1) is 0 Å². The Balaban J connectivity index is 1.85. The van der Waals surface area contributed by atoms with Crippen LogP contribution in [-0.4, -0.2) is 49.2 Å². The molecule has 6 nitrogen and oxygen atoms in total. The molecule has 0 bridgehead atoms. The number of nitrogens with zero attached hydrogens (tertiary/aromatic N) is 1. The summed E-state index contributed by atoms with van der Waals surface area (Å²) in [7, 11) is 0. The second-order valence-electron chi connectivity index (χ2n) is 6.61. The Morgan fingerprint density at radius 1 is 1.23 bits per heavy atom. The molecule has 0 radical (unpaired) electrons. The number of piperidine rings is 1. The number of primary amides is 1. The molecule has 0 aromatic heterocycles. The zero-order valence-electron chi connectivity index (χ0n) is 13.6. The quantitative estimate of drug-likeness (QED) is 0.728. The molecule has 1 aliphatic carbocycles. The summed E-state index contributed by atoms with van der Waals surface area (Å²) in [5.41, 5.74) is 5.44. The molecule has 0 spiro atoms. The van der Waals surface area contributed by atoms with Crippen molar-refractivity contribution in [1.82, 2.24) is 10.2 Å². The first kappa shape index (κ1) is 17.1. The van der Waals surface area contributed by atoms with Crippen molar-refractivity contribution in [3.05, 3.63) is 0 Å². The van der Waals surface area contributed by atoms with E-state index in [-0.39, 0.29) is 17.9 Å². The molecule has 2 aliphatic rings. The SMILES string of the molecule is CCOC(=O)CC1CC(NCC2CCCC2)CN(C(N)=O)C1. The molecule has 1 saturated carbocycles. The van der Waals surface area contributed by atoms with Crippen LogP contribution in [0.5, 0.6) is 0 Å². The minimum absolute atomic E-state index is 0.126. The zero-order valence-corrected chi connectivity index (χ0v) is 13.6. The van der Waals surface area contributed by atoms with Crippen LogP contribution < -0.4 is 11.1 Å². The number of urea groups is 1. The Morgan fingerprint density at radius 2 is 1.95 bits per heavy atom. The van der Waals surface area contributed by atoms with E-state index in [0.29, 0.717) is 26.1 Å². The number of esters is 1. The van der Waals surface area contributed by atoms with Crippen LogP contribution in [0.2, 0.25) is 0 Å². The molecular formula is C16H29N3O3. The molecule has 1 heterocycles. The van der Waals surface area contributed by atoms with Crippen LogP contribution in [0, 0.1) is 11.8 Å². The summed E-state index contributed by atoms with van der Waals surface area (Å²) in [6.07, 6.45) is 6.51. The van der Waals surface area contributed by atoms with Gasteiger partial charge in [-0.1, -0.05) is 12.8 Å². The Hall–Kier alpha value is -1.30. The van der Waals surface area contributed by atoms with E-state index < -0.39 is 6.03 Å². The number of carbonyl (C=O) groups excluding carboxylic acids is 2. The fraction of sp³-hybridized carbons (Fsp3) is 0.875. The highest BCUT2D eigenvalue weighted by atomic mass is 16.5. The van der Waals surface area contributed by atoms with Crippen LogP contribution in [0.3, 0.4) is 0 Å². The van der Waals surface area contributed by atoms with Gasteiger partial charge in [0.15, 0.2) is 0 Å². The van der Waals surface area contributed by atoms with Crippen molar-refractivity contribution in [2.75, 3.05) is 26.2 Å². The lowest BCUT2D eigenvalue weighted by atomic mass is 9.91. The highest BCUT2D eigenvalue weighted by Gasteiger charge is 2.31. The van der Waals surface area contributed by atoms with Gasteiger partial charge in [-0.3, -0.25) is 4.79 Å². The van der Waals surface area contributed by atoms with Gasteiger partial charge < -0.3 is 20.7 Å². The first-order valence-electron chi connectivity index (χ1n) is 8.51. The second-order valence-corrected chi connectivity index (χ2v) is 6.61. The lowest BCUT2D eigenvalue weighted by molar-refractivity contribution is -0.144. The van der Waals surface area contributed by atoms with Crippen molar-refractivity contribution in [2.45, 2.75) is 51.5 Å². The summed E-state index contributed by atoms with van der Waals surface area (Å²) in [4.78, 5) is 24.9. The van der Waals surface area contributed by atoms with Gasteiger partial charge in [0.2, 0.25) is 0 Å². The van der Waals surface area contributed by atoms with E-state index in [1.807, 2.05) is 0 Å². The van der Waals surface area contributed by atoms with Gasteiger partial charge in [0.1, 0.15) is 0 Å². The average Bonchev–Trinajstić information content (AvgIpc) is 2.98. The number of nitrogens with two attached hydrogens (primary N) is 1. The van der Waals surface area contributed by atoms with E-state index in [2.05, 4.69) is 5.32 Å². The molecule has 0 aromatic rings. The largest absolute Gasteiger partial charge is 0.466 e. The van der Waals surface area contributed by atoms with Crippen molar-refractivity contribution in [3.63, 3.8) is 0 Å². The molecule has 2 fully saturated rings. The van der Waals surface area contributed by atoms with E-state index in [0.717, 1.165) is 18.9 Å². The maximum absolute atomic E-state index is 11.7. The van der Waals surface area contributed by atoms with Crippen LogP contribution in [-0.2, 0) is 9.53 Å². The predicted octanol–water partition coefficient (Wildman–Crippen LogP) is 1.49. The van der Waals surface area contributed by atoms with Gasteiger partial charge in [-0.05, 0) is 44.6 Å². The van der Waals surface area contributed by atoms with E-state index in [1.54, 1.807) is 11.8 Å². The third kappa shape index (κ3) is 5.16. The minimum atomic E-state index is -0.402.